The zero-order valence-electron chi connectivity index (χ0n) is 18.1. The summed E-state index contributed by atoms with van der Waals surface area (Å²) in [6.45, 7) is 1.64. The van der Waals surface area contributed by atoms with Crippen molar-refractivity contribution in [2.75, 3.05) is 12.4 Å². The molecule has 0 saturated carbocycles. The zero-order valence-corrected chi connectivity index (χ0v) is 18.9. The fraction of sp³-hybridized carbons (Fsp3) is 0.391. The number of nitrogens with one attached hydrogen (secondary N) is 1. The van der Waals surface area contributed by atoms with Crippen molar-refractivity contribution in [3.8, 4) is 0 Å². The molecule has 0 unspecified atom stereocenters. The van der Waals surface area contributed by atoms with Crippen LogP contribution in [0.15, 0.2) is 33.9 Å². The molecule has 32 heavy (non-hydrogen) atoms. The smallest absolute Gasteiger partial charge is 0.341 e. The summed E-state index contributed by atoms with van der Waals surface area (Å²) in [6, 6.07) is 6.74. The van der Waals surface area contributed by atoms with E-state index in [1.165, 1.54) is 23.0 Å². The van der Waals surface area contributed by atoms with Gasteiger partial charge < -0.3 is 10.1 Å². The summed E-state index contributed by atoms with van der Waals surface area (Å²) in [5.74, 6) is -0.915. The molecule has 0 radical (unpaired) electrons. The van der Waals surface area contributed by atoms with Gasteiger partial charge in [-0.05, 0) is 50.3 Å². The van der Waals surface area contributed by atoms with Crippen LogP contribution in [0.2, 0.25) is 0 Å². The predicted octanol–water partition coefficient (Wildman–Crippen LogP) is 2.94. The summed E-state index contributed by atoms with van der Waals surface area (Å²) < 4.78 is 7.40. The van der Waals surface area contributed by atoms with Gasteiger partial charge in [0.25, 0.3) is 5.56 Å². The number of fused-ring (bicyclic) bond motifs is 2. The van der Waals surface area contributed by atoms with Gasteiger partial charge >= 0.3 is 11.7 Å². The molecular weight excluding hydrogens is 430 g/mol. The van der Waals surface area contributed by atoms with Gasteiger partial charge in [-0.15, -0.1) is 11.3 Å². The molecule has 4 rings (SSSR count). The molecule has 1 aromatic carbocycles. The van der Waals surface area contributed by atoms with Crippen molar-refractivity contribution in [2.45, 2.75) is 52.1 Å². The fourth-order valence-corrected chi connectivity index (χ4v) is 5.55. The van der Waals surface area contributed by atoms with Gasteiger partial charge in [-0.1, -0.05) is 18.6 Å². The third-order valence-electron chi connectivity index (χ3n) is 5.81. The number of amides is 1. The molecule has 2 heterocycles. The maximum atomic E-state index is 13.0. The monoisotopic (exact) mass is 455 g/mol. The van der Waals surface area contributed by atoms with Gasteiger partial charge in [-0.2, -0.15) is 0 Å². The van der Waals surface area contributed by atoms with Crippen molar-refractivity contribution in [2.24, 2.45) is 0 Å². The number of esters is 1. The van der Waals surface area contributed by atoms with Crippen molar-refractivity contribution >= 4 is 39.1 Å². The molecule has 2 aromatic heterocycles. The van der Waals surface area contributed by atoms with E-state index in [1.54, 1.807) is 31.2 Å². The lowest BCUT2D eigenvalue weighted by Crippen LogP contribution is -2.41. The fourth-order valence-electron chi connectivity index (χ4n) is 4.26. The predicted molar refractivity (Wildman–Crippen MR) is 124 cm³/mol. The summed E-state index contributed by atoms with van der Waals surface area (Å²) >= 11 is 1.40. The average molecular weight is 456 g/mol. The average Bonchev–Trinajstić information content (AvgIpc) is 2.96. The molecule has 1 aliphatic carbocycles. The highest BCUT2D eigenvalue weighted by Gasteiger charge is 2.26. The van der Waals surface area contributed by atoms with E-state index >= 15 is 0 Å². The molecule has 1 N–H and O–H groups in total. The summed E-state index contributed by atoms with van der Waals surface area (Å²) in [7, 11) is 1.33. The van der Waals surface area contributed by atoms with Gasteiger partial charge in [0, 0.05) is 11.4 Å². The van der Waals surface area contributed by atoms with Crippen molar-refractivity contribution in [3.63, 3.8) is 0 Å². The molecule has 168 valence electrons. The van der Waals surface area contributed by atoms with Crippen LogP contribution in [-0.2, 0) is 35.5 Å². The number of ether oxygens (including phenoxy) is 1. The van der Waals surface area contributed by atoms with Gasteiger partial charge in [0.1, 0.15) is 11.5 Å². The number of hydrogen-bond donors (Lipinski definition) is 1. The SMILES string of the molecule is CCn1c(=O)c2ccccc2n(CC(=O)Nc2sc3c(c2C(=O)OC)CCCCC3)c1=O. The Kier molecular flexibility index (Phi) is 6.27. The molecule has 0 saturated heterocycles. The lowest BCUT2D eigenvalue weighted by Gasteiger charge is -2.13. The maximum Gasteiger partial charge on any atom is 0.341 e. The largest absolute Gasteiger partial charge is 0.465 e. The molecule has 0 fully saturated rings. The number of aromatic nitrogens is 2. The molecule has 1 aliphatic rings. The lowest BCUT2D eigenvalue weighted by molar-refractivity contribution is -0.116. The standard InChI is InChI=1S/C23H25N3O5S/c1-3-25-21(28)14-9-7-8-11-16(14)26(23(25)30)13-18(27)24-20-19(22(29)31-2)15-10-5-4-6-12-17(15)32-20/h7-9,11H,3-6,10,12-13H2,1-2H3,(H,24,27). The molecule has 9 heteroatoms. The number of carbonyl (C=O) groups excluding carboxylic acids is 2. The highest BCUT2D eigenvalue weighted by Crippen LogP contribution is 2.38. The number of methoxy groups -OCH3 is 1. The molecule has 1 amide bonds. The van der Waals surface area contributed by atoms with E-state index < -0.39 is 17.6 Å². The number of para-hydroxylation sites is 1. The number of anilines is 1. The number of nitrogens with zero attached hydrogens (tertiary/aromatic N) is 2. The molecule has 8 nitrogen and oxygen atoms in total. The minimum Gasteiger partial charge on any atom is -0.465 e. The van der Waals surface area contributed by atoms with Gasteiger partial charge in [-0.25, -0.2) is 9.59 Å². The van der Waals surface area contributed by atoms with Crippen molar-refractivity contribution in [3.05, 3.63) is 61.1 Å². The van der Waals surface area contributed by atoms with E-state index in [-0.39, 0.29) is 18.6 Å². The van der Waals surface area contributed by atoms with E-state index in [0.29, 0.717) is 21.5 Å². The van der Waals surface area contributed by atoms with Crippen LogP contribution in [0, 0.1) is 0 Å². The first kappa shape index (κ1) is 22.0. The van der Waals surface area contributed by atoms with Crippen LogP contribution in [-0.4, -0.2) is 28.1 Å². The van der Waals surface area contributed by atoms with E-state index in [4.69, 9.17) is 4.74 Å². The number of benzene rings is 1. The molecule has 0 aliphatic heterocycles. The minimum atomic E-state index is -0.540. The van der Waals surface area contributed by atoms with Crippen molar-refractivity contribution < 1.29 is 14.3 Å². The van der Waals surface area contributed by atoms with Crippen LogP contribution in [0.5, 0.6) is 0 Å². The summed E-state index contributed by atoms with van der Waals surface area (Å²) in [6.07, 6.45) is 4.78. The summed E-state index contributed by atoms with van der Waals surface area (Å²) in [5.41, 5.74) is 0.856. The van der Waals surface area contributed by atoms with Gasteiger partial charge in [0.15, 0.2) is 0 Å². The molecule has 0 atom stereocenters. The van der Waals surface area contributed by atoms with Crippen LogP contribution in [0.25, 0.3) is 10.9 Å². The van der Waals surface area contributed by atoms with E-state index in [0.717, 1.165) is 47.1 Å². The van der Waals surface area contributed by atoms with E-state index in [9.17, 15) is 19.2 Å². The maximum absolute atomic E-state index is 13.0. The van der Waals surface area contributed by atoms with Crippen LogP contribution in [0.4, 0.5) is 5.00 Å². The van der Waals surface area contributed by atoms with Crippen molar-refractivity contribution in [1.29, 1.82) is 0 Å². The number of rotatable bonds is 5. The number of hydrogen-bond acceptors (Lipinski definition) is 6. The molecule has 0 spiro atoms. The third kappa shape index (κ3) is 3.88. The number of aryl methyl sites for hydroxylation is 1. The topological polar surface area (TPSA) is 99.4 Å². The molecular formula is C23H25N3O5S. The Hall–Kier alpha value is -3.20. The van der Waals surface area contributed by atoms with Gasteiger partial charge in [0.05, 0.1) is 23.6 Å². The Morgan fingerprint density at radius 1 is 1.09 bits per heavy atom. The Morgan fingerprint density at radius 3 is 2.59 bits per heavy atom. The van der Waals surface area contributed by atoms with Crippen molar-refractivity contribution in [1.82, 2.24) is 9.13 Å². The minimum absolute atomic E-state index is 0.203. The number of thiophene rings is 1. The Morgan fingerprint density at radius 2 is 1.84 bits per heavy atom. The zero-order chi connectivity index (χ0) is 22.8. The Bertz CT molecular complexity index is 1320. The normalized spacial score (nSPS) is 13.4. The second-order valence-electron chi connectivity index (χ2n) is 7.74. The van der Waals surface area contributed by atoms with E-state index in [2.05, 4.69) is 5.32 Å². The third-order valence-corrected chi connectivity index (χ3v) is 7.02. The highest BCUT2D eigenvalue weighted by atomic mass is 32.1. The lowest BCUT2D eigenvalue weighted by atomic mass is 10.1. The summed E-state index contributed by atoms with van der Waals surface area (Å²) in [4.78, 5) is 52.1. The first-order chi connectivity index (χ1) is 15.5. The Labute approximate surface area is 188 Å². The molecule has 0 bridgehead atoms. The summed E-state index contributed by atoms with van der Waals surface area (Å²) in [5, 5.41) is 3.66. The second-order valence-corrected chi connectivity index (χ2v) is 8.85. The van der Waals surface area contributed by atoms with Gasteiger partial charge in [-0.3, -0.25) is 18.7 Å². The van der Waals surface area contributed by atoms with Crippen LogP contribution < -0.4 is 16.6 Å². The van der Waals surface area contributed by atoms with Crippen LogP contribution >= 0.6 is 11.3 Å². The first-order valence-electron chi connectivity index (χ1n) is 10.7. The second kappa shape index (κ2) is 9.12. The highest BCUT2D eigenvalue weighted by molar-refractivity contribution is 7.17. The van der Waals surface area contributed by atoms with E-state index in [1.807, 2.05) is 0 Å². The Balaban J connectivity index is 1.72. The number of carbonyl (C=O) groups is 2. The van der Waals surface area contributed by atoms with Crippen LogP contribution in [0.3, 0.4) is 0 Å². The van der Waals surface area contributed by atoms with Crippen LogP contribution in [0.1, 0.15) is 47.0 Å². The quantitative estimate of drug-likeness (QED) is 0.471. The van der Waals surface area contributed by atoms with Gasteiger partial charge in [0.2, 0.25) is 5.91 Å². The molecule has 3 aromatic rings. The first-order valence-corrected chi connectivity index (χ1v) is 11.5.